The Balaban J connectivity index is 2.18. The lowest BCUT2D eigenvalue weighted by Gasteiger charge is -2.21. The minimum atomic E-state index is -0.631. The monoisotopic (exact) mass is 276 g/mol. The minimum Gasteiger partial charge on any atom is -0.497 e. The van der Waals surface area contributed by atoms with Gasteiger partial charge in [0.2, 0.25) is 0 Å². The van der Waals surface area contributed by atoms with Crippen LogP contribution in [0, 0.1) is 25.7 Å². The van der Waals surface area contributed by atoms with Crippen molar-refractivity contribution in [1.82, 2.24) is 0 Å². The van der Waals surface area contributed by atoms with Crippen LogP contribution >= 0.6 is 0 Å². The first-order valence-corrected chi connectivity index (χ1v) is 7.35. The summed E-state index contributed by atoms with van der Waals surface area (Å²) in [5.74, 6) is 0.970. The van der Waals surface area contributed by atoms with Gasteiger partial charge in [0.1, 0.15) is 5.75 Å². The number of rotatable bonds is 6. The van der Waals surface area contributed by atoms with E-state index in [4.69, 9.17) is 9.84 Å². The summed E-state index contributed by atoms with van der Waals surface area (Å²) in [4.78, 5) is 11.0. The van der Waals surface area contributed by atoms with E-state index in [1.54, 1.807) is 7.11 Å². The molecule has 1 fully saturated rings. The number of aliphatic carboxylic acids is 1. The molecule has 3 nitrogen and oxygen atoms in total. The van der Waals surface area contributed by atoms with Gasteiger partial charge in [-0.2, -0.15) is 0 Å². The maximum Gasteiger partial charge on any atom is 0.306 e. The van der Waals surface area contributed by atoms with Gasteiger partial charge in [0.05, 0.1) is 13.0 Å². The molecule has 0 aromatic heterocycles. The van der Waals surface area contributed by atoms with Gasteiger partial charge in [0.15, 0.2) is 0 Å². The van der Waals surface area contributed by atoms with Crippen molar-refractivity contribution in [2.75, 3.05) is 7.11 Å². The Morgan fingerprint density at radius 1 is 1.40 bits per heavy atom. The molecular formula is C17H24O3. The number of hydrogen-bond donors (Lipinski definition) is 1. The Kier molecular flexibility index (Phi) is 4.36. The van der Waals surface area contributed by atoms with Crippen molar-refractivity contribution in [2.45, 2.75) is 46.0 Å². The maximum absolute atomic E-state index is 11.0. The number of ether oxygens (including phenoxy) is 1. The first-order chi connectivity index (χ1) is 9.47. The number of benzene rings is 1. The molecule has 0 aliphatic heterocycles. The third-order valence-corrected chi connectivity index (χ3v) is 4.53. The summed E-state index contributed by atoms with van der Waals surface area (Å²) in [5.41, 5.74) is 3.88. The smallest absolute Gasteiger partial charge is 0.306 e. The second kappa shape index (κ2) is 5.86. The molecule has 1 aliphatic carbocycles. The minimum absolute atomic E-state index is 0.108. The Morgan fingerprint density at radius 3 is 2.40 bits per heavy atom. The van der Waals surface area contributed by atoms with E-state index < -0.39 is 5.97 Å². The highest BCUT2D eigenvalue weighted by molar-refractivity contribution is 5.73. The maximum atomic E-state index is 11.0. The van der Waals surface area contributed by atoms with E-state index in [0.717, 1.165) is 25.0 Å². The number of methoxy groups -OCH3 is 1. The molecule has 3 heteroatoms. The molecular weight excluding hydrogens is 252 g/mol. The summed E-state index contributed by atoms with van der Waals surface area (Å²) in [6.45, 7) is 6.43. The van der Waals surface area contributed by atoms with Crippen LogP contribution in [0.2, 0.25) is 0 Å². The molecule has 20 heavy (non-hydrogen) atoms. The fourth-order valence-corrected chi connectivity index (χ4v) is 3.36. The van der Waals surface area contributed by atoms with E-state index in [0.29, 0.717) is 11.8 Å². The van der Waals surface area contributed by atoms with Gasteiger partial charge in [0.25, 0.3) is 0 Å². The third kappa shape index (κ3) is 2.97. The zero-order valence-electron chi connectivity index (χ0n) is 12.8. The molecule has 2 rings (SSSR count). The molecule has 3 unspecified atom stereocenters. The van der Waals surface area contributed by atoms with E-state index in [-0.39, 0.29) is 5.92 Å². The van der Waals surface area contributed by atoms with Crippen LogP contribution in [0.3, 0.4) is 0 Å². The van der Waals surface area contributed by atoms with Gasteiger partial charge < -0.3 is 9.84 Å². The fourth-order valence-electron chi connectivity index (χ4n) is 3.36. The van der Waals surface area contributed by atoms with Gasteiger partial charge in [0, 0.05) is 0 Å². The third-order valence-electron chi connectivity index (χ3n) is 4.53. The van der Waals surface area contributed by atoms with E-state index in [1.807, 2.05) is 0 Å². The molecule has 0 amide bonds. The molecule has 0 bridgehead atoms. The number of carbonyl (C=O) groups is 1. The zero-order chi connectivity index (χ0) is 14.9. The quantitative estimate of drug-likeness (QED) is 0.856. The summed E-state index contributed by atoms with van der Waals surface area (Å²) in [7, 11) is 1.69. The fraction of sp³-hybridized carbons (Fsp3) is 0.588. The van der Waals surface area contributed by atoms with Crippen LogP contribution in [0.1, 0.15) is 48.8 Å². The van der Waals surface area contributed by atoms with Crippen LogP contribution in [-0.2, 0) is 4.79 Å². The molecule has 0 radical (unpaired) electrons. The van der Waals surface area contributed by atoms with E-state index >= 15 is 0 Å². The van der Waals surface area contributed by atoms with Crippen LogP contribution in [0.5, 0.6) is 5.75 Å². The van der Waals surface area contributed by atoms with Crippen molar-refractivity contribution >= 4 is 5.97 Å². The van der Waals surface area contributed by atoms with Crippen molar-refractivity contribution in [1.29, 1.82) is 0 Å². The normalized spacial score (nSPS) is 22.4. The van der Waals surface area contributed by atoms with Gasteiger partial charge in [-0.3, -0.25) is 4.79 Å². The summed E-state index contributed by atoms with van der Waals surface area (Å²) in [6.07, 6.45) is 2.89. The number of hydrogen-bond acceptors (Lipinski definition) is 2. The topological polar surface area (TPSA) is 46.5 Å². The Labute approximate surface area is 121 Å². The first kappa shape index (κ1) is 14.9. The summed E-state index contributed by atoms with van der Waals surface area (Å²) >= 11 is 0. The van der Waals surface area contributed by atoms with Crippen molar-refractivity contribution in [3.05, 3.63) is 28.8 Å². The van der Waals surface area contributed by atoms with Crippen LogP contribution in [0.4, 0.5) is 0 Å². The molecule has 0 saturated heterocycles. The van der Waals surface area contributed by atoms with E-state index in [1.165, 1.54) is 16.7 Å². The second-order valence-corrected chi connectivity index (χ2v) is 5.96. The zero-order valence-corrected chi connectivity index (χ0v) is 12.8. The van der Waals surface area contributed by atoms with Crippen LogP contribution in [0.25, 0.3) is 0 Å². The SMILES string of the molecule is CCC(CC1CC1C(=O)O)c1c(C)cc(OC)cc1C. The highest BCUT2D eigenvalue weighted by Crippen LogP contribution is 2.47. The Hall–Kier alpha value is -1.51. The summed E-state index contributed by atoms with van der Waals surface area (Å²) in [6, 6.07) is 4.15. The van der Waals surface area contributed by atoms with Crippen molar-refractivity contribution in [3.63, 3.8) is 0 Å². The van der Waals surface area contributed by atoms with Crippen LogP contribution in [-0.4, -0.2) is 18.2 Å². The lowest BCUT2D eigenvalue weighted by atomic mass is 9.85. The highest BCUT2D eigenvalue weighted by atomic mass is 16.5. The first-order valence-electron chi connectivity index (χ1n) is 7.35. The molecule has 1 aromatic rings. The largest absolute Gasteiger partial charge is 0.497 e. The predicted octanol–water partition coefficient (Wildman–Crippen LogP) is 3.92. The molecule has 1 aliphatic rings. The predicted molar refractivity (Wildman–Crippen MR) is 79.3 cm³/mol. The Morgan fingerprint density at radius 2 is 2.00 bits per heavy atom. The van der Waals surface area contributed by atoms with Gasteiger partial charge in [-0.25, -0.2) is 0 Å². The van der Waals surface area contributed by atoms with Crippen LogP contribution in [0.15, 0.2) is 12.1 Å². The molecule has 0 heterocycles. The lowest BCUT2D eigenvalue weighted by Crippen LogP contribution is -2.07. The van der Waals surface area contributed by atoms with Crippen molar-refractivity contribution < 1.29 is 14.6 Å². The second-order valence-electron chi connectivity index (χ2n) is 5.96. The van der Waals surface area contributed by atoms with E-state index in [2.05, 4.69) is 32.9 Å². The van der Waals surface area contributed by atoms with Gasteiger partial charge >= 0.3 is 5.97 Å². The summed E-state index contributed by atoms with van der Waals surface area (Å²) < 4.78 is 5.31. The number of carboxylic acids is 1. The average molecular weight is 276 g/mol. The molecule has 0 spiro atoms. The highest BCUT2D eigenvalue weighted by Gasteiger charge is 2.44. The lowest BCUT2D eigenvalue weighted by molar-refractivity contribution is -0.138. The molecule has 110 valence electrons. The molecule has 1 N–H and O–H groups in total. The van der Waals surface area contributed by atoms with Gasteiger partial charge in [-0.1, -0.05) is 6.92 Å². The van der Waals surface area contributed by atoms with Crippen molar-refractivity contribution in [3.8, 4) is 5.75 Å². The molecule has 1 aromatic carbocycles. The standard InChI is InChI=1S/C17H24O3/c1-5-12(8-13-9-15(13)17(18)19)16-10(2)6-14(20-4)7-11(16)3/h6-7,12-13,15H,5,8-9H2,1-4H3,(H,18,19). The van der Waals surface area contributed by atoms with E-state index in [9.17, 15) is 4.79 Å². The molecule has 3 atom stereocenters. The van der Waals surface area contributed by atoms with Crippen molar-refractivity contribution in [2.24, 2.45) is 11.8 Å². The van der Waals surface area contributed by atoms with Gasteiger partial charge in [-0.05, 0) is 73.8 Å². The number of aryl methyl sites for hydroxylation is 2. The van der Waals surface area contributed by atoms with Gasteiger partial charge in [-0.15, -0.1) is 0 Å². The summed E-state index contributed by atoms with van der Waals surface area (Å²) in [5, 5.41) is 9.04. The average Bonchev–Trinajstić information content (AvgIpc) is 3.15. The van der Waals surface area contributed by atoms with Crippen LogP contribution < -0.4 is 4.74 Å². The molecule has 1 saturated carbocycles. The number of carboxylic acid groups (broad SMARTS) is 1. The Bertz CT molecular complexity index is 484.